The fourth-order valence-electron chi connectivity index (χ4n) is 12.4. The smallest absolute Gasteiger partial charge is 0.305 e. The molecule has 3 N–H and O–H groups in total. The van der Waals surface area contributed by atoms with Gasteiger partial charge in [0.2, 0.25) is 5.91 Å². The van der Waals surface area contributed by atoms with Crippen LogP contribution in [0.5, 0.6) is 0 Å². The van der Waals surface area contributed by atoms with Crippen LogP contribution in [-0.2, 0) is 14.3 Å². The second-order valence-corrected chi connectivity index (χ2v) is 26.4. The van der Waals surface area contributed by atoms with Crippen molar-refractivity contribution in [3.63, 3.8) is 0 Å². The normalized spacial score (nSPS) is 12.4. The van der Waals surface area contributed by atoms with E-state index in [4.69, 9.17) is 4.74 Å². The zero-order valence-corrected chi connectivity index (χ0v) is 55.6. The van der Waals surface area contributed by atoms with Gasteiger partial charge in [0.25, 0.3) is 0 Å². The molecule has 0 aromatic rings. The summed E-state index contributed by atoms with van der Waals surface area (Å²) in [7, 11) is 0. The summed E-state index contributed by atoms with van der Waals surface area (Å²) >= 11 is 0. The molecule has 0 aliphatic rings. The third-order valence-electron chi connectivity index (χ3n) is 18.2. The summed E-state index contributed by atoms with van der Waals surface area (Å²) in [6, 6.07) is -0.536. The fourth-order valence-corrected chi connectivity index (χ4v) is 12.4. The molecule has 0 saturated carbocycles. The van der Waals surface area contributed by atoms with Crippen LogP contribution in [0.4, 0.5) is 0 Å². The molecule has 6 heteroatoms. The molecular formula is C75H149NO5. The number of nitrogens with one attached hydrogen (secondary N) is 1. The maximum Gasteiger partial charge on any atom is 0.305 e. The summed E-state index contributed by atoms with van der Waals surface area (Å²) in [6.07, 6.45) is 87.6. The van der Waals surface area contributed by atoms with E-state index in [0.29, 0.717) is 25.9 Å². The zero-order chi connectivity index (χ0) is 58.5. The van der Waals surface area contributed by atoms with Crippen LogP contribution >= 0.6 is 0 Å². The third kappa shape index (κ3) is 67.9. The van der Waals surface area contributed by atoms with Crippen molar-refractivity contribution in [1.82, 2.24) is 5.32 Å². The van der Waals surface area contributed by atoms with E-state index < -0.39 is 12.1 Å². The van der Waals surface area contributed by atoms with Gasteiger partial charge in [0.1, 0.15) is 0 Å². The van der Waals surface area contributed by atoms with Crippen molar-refractivity contribution in [3.05, 3.63) is 0 Å². The Labute approximate surface area is 508 Å². The quantitative estimate of drug-likeness (QED) is 0.0417. The van der Waals surface area contributed by atoms with Gasteiger partial charge in [-0.1, -0.05) is 406 Å². The maximum absolute atomic E-state index is 12.5. The largest absolute Gasteiger partial charge is 0.466 e. The molecule has 0 heterocycles. The Bertz CT molecular complexity index is 1180. The molecule has 0 fully saturated rings. The van der Waals surface area contributed by atoms with Crippen LogP contribution in [0.1, 0.15) is 444 Å². The lowest BCUT2D eigenvalue weighted by atomic mass is 10.0. The van der Waals surface area contributed by atoms with Gasteiger partial charge in [-0.3, -0.25) is 9.59 Å². The molecule has 81 heavy (non-hydrogen) atoms. The molecule has 6 nitrogen and oxygen atoms in total. The summed E-state index contributed by atoms with van der Waals surface area (Å²) in [4.78, 5) is 24.6. The second-order valence-electron chi connectivity index (χ2n) is 26.4. The molecule has 0 aromatic heterocycles. The molecule has 0 saturated heterocycles. The van der Waals surface area contributed by atoms with Gasteiger partial charge in [-0.05, 0) is 25.7 Å². The number of hydrogen-bond acceptors (Lipinski definition) is 5. The van der Waals surface area contributed by atoms with Crippen molar-refractivity contribution in [2.45, 2.75) is 456 Å². The van der Waals surface area contributed by atoms with E-state index in [0.717, 1.165) is 38.5 Å². The molecule has 0 radical (unpaired) electrons. The monoisotopic (exact) mass is 1140 g/mol. The summed E-state index contributed by atoms with van der Waals surface area (Å²) in [5.41, 5.74) is 0. The van der Waals surface area contributed by atoms with Gasteiger partial charge < -0.3 is 20.3 Å². The third-order valence-corrected chi connectivity index (χ3v) is 18.2. The highest BCUT2D eigenvalue weighted by Gasteiger charge is 2.20. The van der Waals surface area contributed by atoms with Gasteiger partial charge in [0.15, 0.2) is 0 Å². The van der Waals surface area contributed by atoms with Crippen molar-refractivity contribution in [3.8, 4) is 0 Å². The van der Waals surface area contributed by atoms with Crippen molar-refractivity contribution in [1.29, 1.82) is 0 Å². The Balaban J connectivity index is 3.29. The van der Waals surface area contributed by atoms with Crippen LogP contribution in [0.3, 0.4) is 0 Å². The van der Waals surface area contributed by atoms with E-state index in [1.54, 1.807) is 0 Å². The van der Waals surface area contributed by atoms with Crippen molar-refractivity contribution >= 4 is 11.9 Å². The number of amides is 1. The minimum atomic E-state index is -0.659. The van der Waals surface area contributed by atoms with Crippen LogP contribution in [-0.4, -0.2) is 47.4 Å². The molecular weight excluding hydrogens is 995 g/mol. The summed E-state index contributed by atoms with van der Waals surface area (Å²) in [5, 5.41) is 23.4. The Hall–Kier alpha value is -1.14. The Morgan fingerprint density at radius 2 is 0.506 bits per heavy atom. The molecule has 2 atom stereocenters. The predicted molar refractivity (Wildman–Crippen MR) is 357 cm³/mol. The second kappa shape index (κ2) is 71.3. The number of ether oxygens (including phenoxy) is 1. The van der Waals surface area contributed by atoms with Crippen molar-refractivity contribution in [2.75, 3.05) is 13.2 Å². The lowest BCUT2D eigenvalue weighted by molar-refractivity contribution is -0.143. The lowest BCUT2D eigenvalue weighted by Gasteiger charge is -2.22. The van der Waals surface area contributed by atoms with Crippen LogP contribution in [0.15, 0.2) is 0 Å². The lowest BCUT2D eigenvalue weighted by Crippen LogP contribution is -2.45. The Morgan fingerprint density at radius 1 is 0.296 bits per heavy atom. The maximum atomic E-state index is 12.5. The SMILES string of the molecule is CCCCCCCCCCCCCCCCCCC(=O)OCCCCCCCCCCCCCCCCCCCCCCCCCCCCCCCCCCCC(=O)NC(CO)C(O)CCCCCCCCCCCCCCCCC. The van der Waals surface area contributed by atoms with Gasteiger partial charge in [-0.25, -0.2) is 0 Å². The van der Waals surface area contributed by atoms with Crippen LogP contribution < -0.4 is 5.32 Å². The Kier molecular flexibility index (Phi) is 70.3. The first-order valence-corrected chi connectivity index (χ1v) is 37.8. The topological polar surface area (TPSA) is 95.9 Å². The van der Waals surface area contributed by atoms with E-state index in [-0.39, 0.29) is 18.5 Å². The molecule has 1 amide bonds. The number of carbonyl (C=O) groups excluding carboxylic acids is 2. The van der Waals surface area contributed by atoms with E-state index in [2.05, 4.69) is 19.2 Å². The number of aliphatic hydroxyl groups excluding tert-OH is 2. The number of hydrogen-bond donors (Lipinski definition) is 3. The van der Waals surface area contributed by atoms with Gasteiger partial charge in [0.05, 0.1) is 25.4 Å². The van der Waals surface area contributed by atoms with E-state index in [1.807, 2.05) is 0 Å². The minimum absolute atomic E-state index is 0.0261. The van der Waals surface area contributed by atoms with E-state index in [1.165, 1.54) is 372 Å². The number of carbonyl (C=O) groups is 2. The zero-order valence-electron chi connectivity index (χ0n) is 55.6. The van der Waals surface area contributed by atoms with Crippen LogP contribution in [0, 0.1) is 0 Å². The number of unbranched alkanes of at least 4 members (excludes halogenated alkanes) is 61. The standard InChI is InChI=1S/C75H149NO5/c1-3-5-7-9-11-13-15-17-19-41-45-49-53-57-61-65-69-75(80)81-70-66-62-58-54-50-46-42-38-36-34-32-30-28-26-24-22-20-21-23-25-27-29-31-33-35-37-40-44-48-52-56-60-64-68-74(79)76-72(71-77)73(78)67-63-59-55-51-47-43-39-18-16-14-12-10-8-6-4-2/h72-73,77-78H,3-71H2,1-2H3,(H,76,79). The molecule has 0 aromatic carbocycles. The summed E-state index contributed by atoms with van der Waals surface area (Å²) in [6.45, 7) is 5.01. The van der Waals surface area contributed by atoms with Gasteiger partial charge in [-0.15, -0.1) is 0 Å². The first kappa shape index (κ1) is 79.9. The minimum Gasteiger partial charge on any atom is -0.466 e. The molecule has 0 aliphatic carbocycles. The predicted octanol–water partition coefficient (Wildman–Crippen LogP) is 24.5. The van der Waals surface area contributed by atoms with Gasteiger partial charge in [-0.2, -0.15) is 0 Å². The van der Waals surface area contributed by atoms with Crippen LogP contribution in [0.2, 0.25) is 0 Å². The molecule has 0 aliphatic heterocycles. The first-order valence-electron chi connectivity index (χ1n) is 37.8. The summed E-state index contributed by atoms with van der Waals surface area (Å²) < 4.78 is 5.51. The molecule has 0 bridgehead atoms. The average molecular weight is 1150 g/mol. The highest BCUT2D eigenvalue weighted by Crippen LogP contribution is 2.20. The van der Waals surface area contributed by atoms with E-state index >= 15 is 0 Å². The summed E-state index contributed by atoms with van der Waals surface area (Å²) in [5.74, 6) is 0.000414. The molecule has 2 unspecified atom stereocenters. The average Bonchev–Trinajstić information content (AvgIpc) is 3.47. The van der Waals surface area contributed by atoms with Gasteiger partial charge >= 0.3 is 5.97 Å². The number of esters is 1. The fraction of sp³-hybridized carbons (Fsp3) is 0.973. The number of rotatable bonds is 72. The highest BCUT2D eigenvalue weighted by molar-refractivity contribution is 5.76. The highest BCUT2D eigenvalue weighted by atomic mass is 16.5. The van der Waals surface area contributed by atoms with Gasteiger partial charge in [0, 0.05) is 12.8 Å². The number of aliphatic hydroxyl groups is 2. The van der Waals surface area contributed by atoms with Crippen LogP contribution in [0.25, 0.3) is 0 Å². The van der Waals surface area contributed by atoms with Crippen molar-refractivity contribution < 1.29 is 24.5 Å². The Morgan fingerprint density at radius 3 is 0.753 bits per heavy atom. The first-order chi connectivity index (χ1) is 40.0. The van der Waals surface area contributed by atoms with Crippen molar-refractivity contribution in [2.24, 2.45) is 0 Å². The van der Waals surface area contributed by atoms with E-state index in [9.17, 15) is 19.8 Å². The molecule has 0 spiro atoms. The molecule has 484 valence electrons. The molecule has 0 rings (SSSR count).